The average Bonchev–Trinajstić information content (AvgIpc) is 2.37. The number of aromatic nitrogens is 2. The van der Waals surface area contributed by atoms with Gasteiger partial charge in [-0.25, -0.2) is 9.97 Å². The lowest BCUT2D eigenvalue weighted by molar-refractivity contribution is 1.12. The number of anilines is 4. The van der Waals surface area contributed by atoms with Crippen LogP contribution in [0.4, 0.5) is 23.0 Å². The van der Waals surface area contributed by atoms with Gasteiger partial charge in [-0.05, 0) is 35.0 Å². The SMILES string of the molecule is CCNc1ncnc(Nc2ccccc2Br)c1N. The van der Waals surface area contributed by atoms with E-state index < -0.39 is 0 Å². The van der Waals surface area contributed by atoms with Gasteiger partial charge in [0.2, 0.25) is 0 Å². The van der Waals surface area contributed by atoms with Crippen LogP contribution >= 0.6 is 15.9 Å². The second kappa shape index (κ2) is 5.68. The molecule has 0 spiro atoms. The lowest BCUT2D eigenvalue weighted by atomic mass is 10.3. The molecule has 0 aliphatic heterocycles. The summed E-state index contributed by atoms with van der Waals surface area (Å²) in [6, 6.07) is 7.78. The number of hydrogen-bond acceptors (Lipinski definition) is 5. The minimum absolute atomic E-state index is 0.509. The van der Waals surface area contributed by atoms with Crippen molar-refractivity contribution in [1.82, 2.24) is 9.97 Å². The summed E-state index contributed by atoms with van der Waals surface area (Å²) >= 11 is 3.47. The molecule has 0 aliphatic rings. The maximum absolute atomic E-state index is 6.00. The van der Waals surface area contributed by atoms with Gasteiger partial charge >= 0.3 is 0 Å². The van der Waals surface area contributed by atoms with Gasteiger partial charge < -0.3 is 16.4 Å². The van der Waals surface area contributed by atoms with E-state index in [2.05, 4.69) is 36.5 Å². The van der Waals surface area contributed by atoms with E-state index in [-0.39, 0.29) is 0 Å². The molecule has 5 nitrogen and oxygen atoms in total. The monoisotopic (exact) mass is 307 g/mol. The highest BCUT2D eigenvalue weighted by Gasteiger charge is 2.08. The van der Waals surface area contributed by atoms with Crippen molar-refractivity contribution in [2.45, 2.75) is 6.92 Å². The fraction of sp³-hybridized carbons (Fsp3) is 0.167. The maximum Gasteiger partial charge on any atom is 0.159 e. The topological polar surface area (TPSA) is 75.9 Å². The Labute approximate surface area is 114 Å². The fourth-order valence-electron chi connectivity index (χ4n) is 1.49. The Kier molecular flexibility index (Phi) is 3.99. The van der Waals surface area contributed by atoms with Crippen molar-refractivity contribution in [1.29, 1.82) is 0 Å². The van der Waals surface area contributed by atoms with Gasteiger partial charge in [-0.15, -0.1) is 0 Å². The Morgan fingerprint density at radius 3 is 2.67 bits per heavy atom. The van der Waals surface area contributed by atoms with Gasteiger partial charge in [-0.3, -0.25) is 0 Å². The third-order valence-electron chi connectivity index (χ3n) is 2.36. The lowest BCUT2D eigenvalue weighted by Crippen LogP contribution is -2.07. The fourth-order valence-corrected chi connectivity index (χ4v) is 1.88. The highest BCUT2D eigenvalue weighted by Crippen LogP contribution is 2.29. The van der Waals surface area contributed by atoms with E-state index in [0.29, 0.717) is 17.3 Å². The van der Waals surface area contributed by atoms with E-state index in [1.165, 1.54) is 6.33 Å². The molecule has 4 N–H and O–H groups in total. The molecule has 1 heterocycles. The van der Waals surface area contributed by atoms with E-state index in [1.807, 2.05) is 31.2 Å². The van der Waals surface area contributed by atoms with Crippen molar-refractivity contribution in [2.24, 2.45) is 0 Å². The van der Waals surface area contributed by atoms with Crippen LogP contribution in [0.3, 0.4) is 0 Å². The second-order valence-corrected chi connectivity index (χ2v) is 4.47. The quantitative estimate of drug-likeness (QED) is 0.809. The molecule has 0 unspecified atom stereocenters. The van der Waals surface area contributed by atoms with Crippen LogP contribution in [-0.4, -0.2) is 16.5 Å². The van der Waals surface area contributed by atoms with Gasteiger partial charge in [-0.2, -0.15) is 0 Å². The van der Waals surface area contributed by atoms with Gasteiger partial charge in [0.15, 0.2) is 11.6 Å². The number of para-hydroxylation sites is 1. The Morgan fingerprint density at radius 1 is 1.22 bits per heavy atom. The number of nitrogens with zero attached hydrogens (tertiary/aromatic N) is 2. The summed E-state index contributed by atoms with van der Waals surface area (Å²) in [6.45, 7) is 2.75. The first-order chi connectivity index (χ1) is 8.72. The van der Waals surface area contributed by atoms with Crippen LogP contribution in [0.1, 0.15) is 6.92 Å². The molecule has 1 aromatic heterocycles. The van der Waals surface area contributed by atoms with Crippen molar-refractivity contribution in [3.8, 4) is 0 Å². The molecular weight excluding hydrogens is 294 g/mol. The van der Waals surface area contributed by atoms with Crippen molar-refractivity contribution in [3.63, 3.8) is 0 Å². The van der Waals surface area contributed by atoms with Crippen LogP contribution < -0.4 is 16.4 Å². The summed E-state index contributed by atoms with van der Waals surface area (Å²) in [5.74, 6) is 1.23. The van der Waals surface area contributed by atoms with Gasteiger partial charge in [0, 0.05) is 11.0 Å². The van der Waals surface area contributed by atoms with Crippen LogP contribution in [0.2, 0.25) is 0 Å². The van der Waals surface area contributed by atoms with E-state index in [4.69, 9.17) is 5.73 Å². The van der Waals surface area contributed by atoms with Crippen molar-refractivity contribution >= 4 is 38.9 Å². The normalized spacial score (nSPS) is 10.1. The van der Waals surface area contributed by atoms with Gasteiger partial charge in [0.25, 0.3) is 0 Å². The molecule has 18 heavy (non-hydrogen) atoms. The first-order valence-corrected chi connectivity index (χ1v) is 6.37. The zero-order valence-corrected chi connectivity index (χ0v) is 11.5. The first-order valence-electron chi connectivity index (χ1n) is 5.58. The summed E-state index contributed by atoms with van der Waals surface area (Å²) in [7, 11) is 0. The molecule has 0 amide bonds. The van der Waals surface area contributed by atoms with Crippen LogP contribution in [0.25, 0.3) is 0 Å². The summed E-state index contributed by atoms with van der Waals surface area (Å²) in [6.07, 6.45) is 1.48. The lowest BCUT2D eigenvalue weighted by Gasteiger charge is -2.12. The van der Waals surface area contributed by atoms with Crippen LogP contribution in [0.5, 0.6) is 0 Å². The largest absolute Gasteiger partial charge is 0.393 e. The minimum Gasteiger partial charge on any atom is -0.393 e. The standard InChI is InChI=1S/C12H14BrN5/c1-2-15-11-10(14)12(17-7-16-11)18-9-6-4-3-5-8(9)13/h3-7H,2,14H2,1H3,(H2,15,16,17,18). The molecule has 0 atom stereocenters. The predicted octanol–water partition coefficient (Wildman–Crippen LogP) is 3.00. The molecule has 2 rings (SSSR count). The first kappa shape index (κ1) is 12.6. The zero-order chi connectivity index (χ0) is 13.0. The zero-order valence-electron chi connectivity index (χ0n) is 9.94. The third kappa shape index (κ3) is 2.70. The van der Waals surface area contributed by atoms with Gasteiger partial charge in [0.1, 0.15) is 12.0 Å². The maximum atomic E-state index is 6.00. The molecule has 0 saturated heterocycles. The Morgan fingerprint density at radius 2 is 1.94 bits per heavy atom. The smallest absolute Gasteiger partial charge is 0.159 e. The van der Waals surface area contributed by atoms with Gasteiger partial charge in [-0.1, -0.05) is 12.1 Å². The van der Waals surface area contributed by atoms with E-state index in [9.17, 15) is 0 Å². The number of halogens is 1. The number of nitrogens with two attached hydrogens (primary N) is 1. The number of nitrogens with one attached hydrogen (secondary N) is 2. The molecule has 0 fully saturated rings. The van der Waals surface area contributed by atoms with E-state index in [0.717, 1.165) is 16.7 Å². The van der Waals surface area contributed by atoms with Crippen LogP contribution in [0, 0.1) is 0 Å². The molecular formula is C12H14BrN5. The van der Waals surface area contributed by atoms with Gasteiger partial charge in [0.05, 0.1) is 5.69 Å². The van der Waals surface area contributed by atoms with E-state index >= 15 is 0 Å². The highest BCUT2D eigenvalue weighted by atomic mass is 79.9. The molecule has 0 radical (unpaired) electrons. The highest BCUT2D eigenvalue weighted by molar-refractivity contribution is 9.10. The van der Waals surface area contributed by atoms with Crippen LogP contribution in [-0.2, 0) is 0 Å². The third-order valence-corrected chi connectivity index (χ3v) is 3.05. The molecule has 6 heteroatoms. The van der Waals surface area contributed by atoms with Crippen molar-refractivity contribution in [2.75, 3.05) is 22.9 Å². The Hall–Kier alpha value is -1.82. The van der Waals surface area contributed by atoms with Crippen LogP contribution in [0.15, 0.2) is 35.1 Å². The minimum atomic E-state index is 0.509. The number of benzene rings is 1. The number of hydrogen-bond donors (Lipinski definition) is 3. The summed E-state index contributed by atoms with van der Waals surface area (Å²) in [5, 5.41) is 6.27. The summed E-state index contributed by atoms with van der Waals surface area (Å²) in [4.78, 5) is 8.24. The van der Waals surface area contributed by atoms with Crippen molar-refractivity contribution in [3.05, 3.63) is 35.1 Å². The summed E-state index contributed by atoms with van der Waals surface area (Å²) < 4.78 is 0.952. The second-order valence-electron chi connectivity index (χ2n) is 3.62. The number of rotatable bonds is 4. The average molecular weight is 308 g/mol. The molecule has 0 saturated carbocycles. The molecule has 0 bridgehead atoms. The molecule has 1 aromatic carbocycles. The Balaban J connectivity index is 2.30. The predicted molar refractivity (Wildman–Crippen MR) is 78.0 cm³/mol. The number of nitrogen functional groups attached to an aromatic ring is 1. The molecule has 94 valence electrons. The Bertz CT molecular complexity index is 544. The van der Waals surface area contributed by atoms with Crippen molar-refractivity contribution < 1.29 is 0 Å². The summed E-state index contributed by atoms with van der Waals surface area (Å²) in [5.41, 5.74) is 7.42. The molecule has 0 aliphatic carbocycles. The van der Waals surface area contributed by atoms with E-state index in [1.54, 1.807) is 0 Å². The molecule has 2 aromatic rings.